The van der Waals surface area contributed by atoms with Crippen molar-refractivity contribution in [3.63, 3.8) is 0 Å². The van der Waals surface area contributed by atoms with Gasteiger partial charge in [-0.25, -0.2) is 9.18 Å². The topological polar surface area (TPSA) is 70.5 Å². The van der Waals surface area contributed by atoms with Crippen molar-refractivity contribution in [2.24, 2.45) is 0 Å². The van der Waals surface area contributed by atoms with Gasteiger partial charge in [0.25, 0.3) is 5.91 Å². The Hall–Kier alpha value is -2.50. The Bertz CT molecular complexity index is 938. The summed E-state index contributed by atoms with van der Waals surface area (Å²) in [5, 5.41) is 9.84. The molecule has 5 nitrogen and oxygen atoms in total. The van der Waals surface area contributed by atoms with Gasteiger partial charge in [-0.15, -0.1) is 0 Å². The number of halogens is 1. The van der Waals surface area contributed by atoms with E-state index in [0.717, 1.165) is 40.6 Å². The molecule has 0 spiro atoms. The summed E-state index contributed by atoms with van der Waals surface area (Å²) in [7, 11) is 0. The van der Waals surface area contributed by atoms with E-state index in [9.17, 15) is 14.0 Å². The van der Waals surface area contributed by atoms with Crippen molar-refractivity contribution in [3.8, 4) is 0 Å². The van der Waals surface area contributed by atoms with Crippen LogP contribution in [0, 0.1) is 13.8 Å². The summed E-state index contributed by atoms with van der Waals surface area (Å²) in [5.74, 6) is -1.44. The molecule has 1 N–H and O–H groups in total. The van der Waals surface area contributed by atoms with E-state index in [1.165, 1.54) is 4.90 Å². The third-order valence-electron chi connectivity index (χ3n) is 5.38. The van der Waals surface area contributed by atoms with Gasteiger partial charge in [0.2, 0.25) is 5.67 Å². The molecule has 1 saturated heterocycles. The minimum atomic E-state index is -2.36. The number of alkyl halides is 1. The first-order valence-electron chi connectivity index (χ1n) is 8.92. The summed E-state index contributed by atoms with van der Waals surface area (Å²) >= 11 is 0. The van der Waals surface area contributed by atoms with Crippen LogP contribution in [0.5, 0.6) is 0 Å². The predicted molar refractivity (Wildman–Crippen MR) is 95.2 cm³/mol. The van der Waals surface area contributed by atoms with Crippen LogP contribution in [-0.2, 0) is 4.79 Å². The van der Waals surface area contributed by atoms with Gasteiger partial charge in [0.05, 0.1) is 17.6 Å². The van der Waals surface area contributed by atoms with Gasteiger partial charge < -0.3 is 10.0 Å². The van der Waals surface area contributed by atoms with Crippen LogP contribution >= 0.6 is 0 Å². The summed E-state index contributed by atoms with van der Waals surface area (Å²) < 4.78 is 14.4. The molecule has 0 bridgehead atoms. The fourth-order valence-corrected chi connectivity index (χ4v) is 3.76. The van der Waals surface area contributed by atoms with Gasteiger partial charge in [-0.3, -0.25) is 9.78 Å². The Morgan fingerprint density at radius 1 is 1.27 bits per heavy atom. The zero-order valence-electron chi connectivity index (χ0n) is 14.9. The third-order valence-corrected chi connectivity index (χ3v) is 5.38. The quantitative estimate of drug-likeness (QED) is 0.915. The summed E-state index contributed by atoms with van der Waals surface area (Å²) in [4.78, 5) is 30.4. The predicted octanol–water partition coefficient (Wildman–Crippen LogP) is 3.37. The minimum Gasteiger partial charge on any atom is -0.479 e. The van der Waals surface area contributed by atoms with Gasteiger partial charge in [-0.1, -0.05) is 11.6 Å². The molecule has 1 aromatic heterocycles. The Kier molecular flexibility index (Phi) is 3.75. The zero-order chi connectivity index (χ0) is 18.6. The fourth-order valence-electron chi connectivity index (χ4n) is 3.76. The van der Waals surface area contributed by atoms with Crippen LogP contribution in [0.2, 0.25) is 0 Å². The molecule has 136 valence electrons. The van der Waals surface area contributed by atoms with Crippen LogP contribution in [0.1, 0.15) is 52.4 Å². The van der Waals surface area contributed by atoms with Gasteiger partial charge in [-0.2, -0.15) is 0 Å². The number of aliphatic carboxylic acids is 1. The standard InChI is InChI=1S/C20H21FN2O3/c1-11-7-12(2)17-14(8-11)15(9-16(22-17)13-3-4-13)18(24)23-6-5-20(21,10-23)19(25)26/h7-9,13H,3-6,10H2,1-2H3,(H,25,26). The Morgan fingerprint density at radius 2 is 2.00 bits per heavy atom. The van der Waals surface area contributed by atoms with E-state index in [1.807, 2.05) is 32.0 Å². The molecule has 4 rings (SSSR count). The average Bonchev–Trinajstić information content (AvgIpc) is 3.35. The number of likely N-dealkylation sites (tertiary alicyclic amines) is 1. The second-order valence-electron chi connectivity index (χ2n) is 7.59. The Morgan fingerprint density at radius 3 is 2.62 bits per heavy atom. The highest BCUT2D eigenvalue weighted by Gasteiger charge is 2.47. The number of rotatable bonds is 3. The maximum absolute atomic E-state index is 14.4. The van der Waals surface area contributed by atoms with Crippen molar-refractivity contribution in [1.29, 1.82) is 0 Å². The average molecular weight is 356 g/mol. The lowest BCUT2D eigenvalue weighted by molar-refractivity contribution is -0.149. The van der Waals surface area contributed by atoms with Crippen molar-refractivity contribution in [2.45, 2.75) is 44.7 Å². The number of carbonyl (C=O) groups is 2. The highest BCUT2D eigenvalue weighted by Crippen LogP contribution is 2.41. The highest BCUT2D eigenvalue weighted by molar-refractivity contribution is 6.07. The molecule has 2 aromatic rings. The number of aromatic nitrogens is 1. The van der Waals surface area contributed by atoms with Crippen molar-refractivity contribution < 1.29 is 19.1 Å². The molecule has 1 unspecified atom stereocenters. The number of nitrogens with zero attached hydrogens (tertiary/aromatic N) is 2. The maximum Gasteiger partial charge on any atom is 0.343 e. The number of carboxylic acid groups (broad SMARTS) is 1. The number of fused-ring (bicyclic) bond motifs is 1. The van der Waals surface area contributed by atoms with Crippen LogP contribution in [0.15, 0.2) is 18.2 Å². The molecule has 2 heterocycles. The molecule has 1 atom stereocenters. The lowest BCUT2D eigenvalue weighted by atomic mass is 10.00. The number of amides is 1. The molecule has 1 saturated carbocycles. The molecular weight excluding hydrogens is 335 g/mol. The SMILES string of the molecule is Cc1cc(C)c2nc(C3CC3)cc(C(=O)N3CCC(F)(C(=O)O)C3)c2c1. The van der Waals surface area contributed by atoms with Crippen LogP contribution in [0.25, 0.3) is 10.9 Å². The van der Waals surface area contributed by atoms with Gasteiger partial charge in [-0.05, 0) is 44.4 Å². The molecule has 1 aliphatic heterocycles. The summed E-state index contributed by atoms with van der Waals surface area (Å²) in [6.07, 6.45) is 1.95. The number of pyridine rings is 1. The molecule has 6 heteroatoms. The van der Waals surface area contributed by atoms with Gasteiger partial charge in [0.1, 0.15) is 0 Å². The van der Waals surface area contributed by atoms with Gasteiger partial charge in [0.15, 0.2) is 0 Å². The fraction of sp³-hybridized carbons (Fsp3) is 0.450. The lowest BCUT2D eigenvalue weighted by Gasteiger charge is -2.20. The van der Waals surface area contributed by atoms with Crippen LogP contribution in [-0.4, -0.2) is 45.6 Å². The molecule has 26 heavy (non-hydrogen) atoms. The smallest absolute Gasteiger partial charge is 0.343 e. The number of carbonyl (C=O) groups excluding carboxylic acids is 1. The van der Waals surface area contributed by atoms with Crippen molar-refractivity contribution in [2.75, 3.05) is 13.1 Å². The molecule has 0 radical (unpaired) electrons. The first-order valence-corrected chi connectivity index (χ1v) is 8.92. The van der Waals surface area contributed by atoms with E-state index in [2.05, 4.69) is 0 Å². The summed E-state index contributed by atoms with van der Waals surface area (Å²) in [5.41, 5.74) is 1.87. The third kappa shape index (κ3) is 2.73. The minimum absolute atomic E-state index is 0.106. The summed E-state index contributed by atoms with van der Waals surface area (Å²) in [6.45, 7) is 3.63. The van der Waals surface area contributed by atoms with Crippen LogP contribution in [0.4, 0.5) is 4.39 Å². The van der Waals surface area contributed by atoms with Gasteiger partial charge in [0, 0.05) is 30.0 Å². The molecule has 1 aromatic carbocycles. The monoisotopic (exact) mass is 356 g/mol. The van der Waals surface area contributed by atoms with Crippen molar-refractivity contribution in [1.82, 2.24) is 9.88 Å². The molecule has 2 fully saturated rings. The normalized spacial score (nSPS) is 22.8. The number of carboxylic acids is 1. The van der Waals surface area contributed by atoms with Gasteiger partial charge >= 0.3 is 5.97 Å². The number of hydrogen-bond donors (Lipinski definition) is 1. The summed E-state index contributed by atoms with van der Waals surface area (Å²) in [6, 6.07) is 5.78. The number of aryl methyl sites for hydroxylation is 2. The van der Waals surface area contributed by atoms with E-state index in [-0.39, 0.29) is 18.9 Å². The van der Waals surface area contributed by atoms with E-state index in [0.29, 0.717) is 11.5 Å². The number of hydrogen-bond acceptors (Lipinski definition) is 3. The number of benzene rings is 1. The second kappa shape index (κ2) is 5.76. The van der Waals surface area contributed by atoms with Crippen molar-refractivity contribution >= 4 is 22.8 Å². The molecule has 1 aliphatic carbocycles. The lowest BCUT2D eigenvalue weighted by Crippen LogP contribution is -2.39. The van der Waals surface area contributed by atoms with E-state index in [1.54, 1.807) is 0 Å². The molecular formula is C20H21FN2O3. The van der Waals surface area contributed by atoms with Crippen LogP contribution in [0.3, 0.4) is 0 Å². The van der Waals surface area contributed by atoms with Crippen LogP contribution < -0.4 is 0 Å². The Labute approximate surface area is 150 Å². The van der Waals surface area contributed by atoms with E-state index >= 15 is 0 Å². The Balaban J connectivity index is 1.80. The van der Waals surface area contributed by atoms with E-state index in [4.69, 9.17) is 10.1 Å². The van der Waals surface area contributed by atoms with Crippen molar-refractivity contribution in [3.05, 3.63) is 40.6 Å². The second-order valence-corrected chi connectivity index (χ2v) is 7.59. The molecule has 1 amide bonds. The first-order chi connectivity index (χ1) is 12.3. The maximum atomic E-state index is 14.4. The first kappa shape index (κ1) is 16.9. The van der Waals surface area contributed by atoms with E-state index < -0.39 is 18.2 Å². The zero-order valence-corrected chi connectivity index (χ0v) is 14.9. The highest BCUT2D eigenvalue weighted by atomic mass is 19.1. The molecule has 2 aliphatic rings. The largest absolute Gasteiger partial charge is 0.479 e.